The quantitative estimate of drug-likeness (QED) is 0.677. The Morgan fingerprint density at radius 2 is 2.07 bits per heavy atom. The molecule has 0 saturated carbocycles. The minimum Gasteiger partial charge on any atom is -0.493 e. The number of para-hydroxylation sites is 1. The van der Waals surface area contributed by atoms with Gasteiger partial charge < -0.3 is 15.0 Å². The van der Waals surface area contributed by atoms with Gasteiger partial charge in [0.15, 0.2) is 0 Å². The Balaban J connectivity index is 1.38. The van der Waals surface area contributed by atoms with Gasteiger partial charge in [-0.25, -0.2) is 0 Å². The smallest absolute Gasteiger partial charge is 0.227 e. The van der Waals surface area contributed by atoms with Crippen molar-refractivity contribution >= 4 is 29.1 Å². The first kappa shape index (κ1) is 20.2. The maximum absolute atomic E-state index is 12.4. The maximum Gasteiger partial charge on any atom is 0.227 e. The number of rotatable bonds is 8. The van der Waals surface area contributed by atoms with E-state index < -0.39 is 0 Å². The number of halogens is 1. The van der Waals surface area contributed by atoms with Crippen LogP contribution in [0.5, 0.6) is 5.75 Å². The summed E-state index contributed by atoms with van der Waals surface area (Å²) in [5, 5.41) is 3.57. The van der Waals surface area contributed by atoms with Crippen LogP contribution in [0.3, 0.4) is 0 Å². The predicted octanol–water partition coefficient (Wildman–Crippen LogP) is 4.16. The second-order valence-corrected chi connectivity index (χ2v) is 7.50. The fourth-order valence-electron chi connectivity index (χ4n) is 3.31. The van der Waals surface area contributed by atoms with Crippen molar-refractivity contribution in [1.29, 1.82) is 0 Å². The van der Waals surface area contributed by atoms with E-state index in [-0.39, 0.29) is 17.7 Å². The van der Waals surface area contributed by atoms with Crippen molar-refractivity contribution in [3.8, 4) is 5.75 Å². The van der Waals surface area contributed by atoms with Crippen LogP contribution in [-0.4, -0.2) is 36.9 Å². The lowest BCUT2D eigenvalue weighted by Crippen LogP contribution is -2.33. The molecule has 0 radical (unpaired) electrons. The number of nitrogens with zero attached hydrogens (tertiary/aromatic N) is 1. The lowest BCUT2D eigenvalue weighted by atomic mass is 9.89. The zero-order chi connectivity index (χ0) is 19.9. The molecule has 6 heteroatoms. The Morgan fingerprint density at radius 3 is 2.89 bits per heavy atom. The van der Waals surface area contributed by atoms with Crippen LogP contribution < -0.4 is 10.1 Å². The van der Waals surface area contributed by atoms with E-state index in [9.17, 15) is 9.59 Å². The Kier molecular flexibility index (Phi) is 6.93. The normalized spacial score (nSPS) is 15.5. The van der Waals surface area contributed by atoms with Crippen molar-refractivity contribution in [3.63, 3.8) is 0 Å². The summed E-state index contributed by atoms with van der Waals surface area (Å²) in [6, 6.07) is 15.1. The van der Waals surface area contributed by atoms with Crippen molar-refractivity contribution in [3.05, 3.63) is 59.1 Å². The second-order valence-electron chi connectivity index (χ2n) is 7.06. The molecule has 3 rings (SSSR count). The Hall–Kier alpha value is -2.53. The molecule has 28 heavy (non-hydrogen) atoms. The molecule has 2 amide bonds. The van der Waals surface area contributed by atoms with E-state index in [1.807, 2.05) is 36.4 Å². The number of nitrogens with one attached hydrogen (secondary N) is 1. The van der Waals surface area contributed by atoms with Crippen LogP contribution in [0.1, 0.15) is 24.8 Å². The molecule has 1 N–H and O–H groups in total. The summed E-state index contributed by atoms with van der Waals surface area (Å²) in [5.74, 6) is 0.627. The number of carbonyl (C=O) groups excluding carboxylic acids is 2. The van der Waals surface area contributed by atoms with Crippen LogP contribution in [0.25, 0.3) is 0 Å². The molecule has 0 aliphatic carbocycles. The number of benzene rings is 2. The molecule has 5 nitrogen and oxygen atoms in total. The third-order valence-corrected chi connectivity index (χ3v) is 5.18. The zero-order valence-corrected chi connectivity index (χ0v) is 16.7. The van der Waals surface area contributed by atoms with Crippen LogP contribution >= 0.6 is 11.6 Å². The highest BCUT2D eigenvalue weighted by atomic mass is 35.5. The number of hydrogen-bond acceptors (Lipinski definition) is 3. The SMILES string of the molecule is CN(CCCOc1cccc(Cl)c1)C(=O)CCC1Cc2ccccc2NC1=O. The molecule has 2 aromatic rings. The van der Waals surface area contributed by atoms with Gasteiger partial charge in [-0.1, -0.05) is 35.9 Å². The molecular weight excluding hydrogens is 376 g/mol. The Morgan fingerprint density at radius 1 is 1.25 bits per heavy atom. The standard InChI is InChI=1S/C22H25ClN2O3/c1-25(12-5-13-28-19-8-4-7-18(23)15-19)21(26)11-10-17-14-16-6-2-3-9-20(16)24-22(17)27/h2-4,6-9,15,17H,5,10-14H2,1H3,(H,24,27). The maximum atomic E-state index is 12.4. The highest BCUT2D eigenvalue weighted by molar-refractivity contribution is 6.30. The summed E-state index contributed by atoms with van der Waals surface area (Å²) in [4.78, 5) is 26.3. The molecule has 1 aliphatic heterocycles. The van der Waals surface area contributed by atoms with Crippen molar-refractivity contribution in [1.82, 2.24) is 4.90 Å². The van der Waals surface area contributed by atoms with Crippen LogP contribution in [0.4, 0.5) is 5.69 Å². The Labute approximate surface area is 170 Å². The fourth-order valence-corrected chi connectivity index (χ4v) is 3.49. The molecule has 0 aromatic heterocycles. The van der Waals surface area contributed by atoms with Gasteiger partial charge in [-0.15, -0.1) is 0 Å². The van der Waals surface area contributed by atoms with Crippen LogP contribution in [0.15, 0.2) is 48.5 Å². The summed E-state index contributed by atoms with van der Waals surface area (Å²) in [5.41, 5.74) is 2.01. The van der Waals surface area contributed by atoms with Gasteiger partial charge in [0.2, 0.25) is 11.8 Å². The monoisotopic (exact) mass is 400 g/mol. The minimum absolute atomic E-state index is 0.00377. The third-order valence-electron chi connectivity index (χ3n) is 4.95. The molecule has 0 fully saturated rings. The van der Waals surface area contributed by atoms with Gasteiger partial charge in [0, 0.05) is 36.6 Å². The first-order valence-corrected chi connectivity index (χ1v) is 9.92. The van der Waals surface area contributed by atoms with E-state index in [1.165, 1.54) is 0 Å². The molecule has 1 heterocycles. The summed E-state index contributed by atoms with van der Waals surface area (Å²) in [6.07, 6.45) is 2.34. The molecule has 1 atom stereocenters. The summed E-state index contributed by atoms with van der Waals surface area (Å²) in [6.45, 7) is 1.12. The molecule has 0 spiro atoms. The van der Waals surface area contributed by atoms with Gasteiger partial charge in [0.25, 0.3) is 0 Å². The topological polar surface area (TPSA) is 58.6 Å². The molecule has 148 valence electrons. The molecule has 0 bridgehead atoms. The van der Waals surface area contributed by atoms with Crippen LogP contribution in [-0.2, 0) is 16.0 Å². The molecule has 0 saturated heterocycles. The first-order valence-electron chi connectivity index (χ1n) is 9.54. The van der Waals surface area contributed by atoms with Crippen molar-refractivity contribution < 1.29 is 14.3 Å². The molecule has 2 aromatic carbocycles. The van der Waals surface area contributed by atoms with Gasteiger partial charge in [0.1, 0.15) is 5.75 Å². The Bertz CT molecular complexity index is 840. The van der Waals surface area contributed by atoms with Crippen molar-refractivity contribution in [2.24, 2.45) is 5.92 Å². The number of carbonyl (C=O) groups is 2. The average molecular weight is 401 g/mol. The average Bonchev–Trinajstić information content (AvgIpc) is 2.69. The molecule has 1 aliphatic rings. The minimum atomic E-state index is -0.154. The third kappa shape index (κ3) is 5.49. The number of fused-ring (bicyclic) bond motifs is 1. The predicted molar refractivity (Wildman–Crippen MR) is 111 cm³/mol. The summed E-state index contributed by atoms with van der Waals surface area (Å²) >= 11 is 5.93. The number of anilines is 1. The number of hydrogen-bond donors (Lipinski definition) is 1. The van der Waals surface area contributed by atoms with Gasteiger partial charge >= 0.3 is 0 Å². The number of amides is 2. The fraction of sp³-hybridized carbons (Fsp3) is 0.364. The lowest BCUT2D eigenvalue weighted by molar-refractivity contribution is -0.130. The largest absolute Gasteiger partial charge is 0.493 e. The second kappa shape index (κ2) is 9.60. The van der Waals surface area contributed by atoms with Gasteiger partial charge in [-0.05, 0) is 49.1 Å². The summed E-state index contributed by atoms with van der Waals surface area (Å²) < 4.78 is 5.64. The first-order chi connectivity index (χ1) is 13.5. The van der Waals surface area contributed by atoms with E-state index in [2.05, 4.69) is 5.32 Å². The van der Waals surface area contributed by atoms with Crippen LogP contribution in [0, 0.1) is 5.92 Å². The molecule has 1 unspecified atom stereocenters. The van der Waals surface area contributed by atoms with Gasteiger partial charge in [0.05, 0.1) is 6.61 Å². The number of ether oxygens (including phenoxy) is 1. The summed E-state index contributed by atoms with van der Waals surface area (Å²) in [7, 11) is 1.79. The zero-order valence-electron chi connectivity index (χ0n) is 16.0. The highest BCUT2D eigenvalue weighted by Crippen LogP contribution is 2.27. The lowest BCUT2D eigenvalue weighted by Gasteiger charge is -2.25. The van der Waals surface area contributed by atoms with E-state index in [1.54, 1.807) is 24.1 Å². The van der Waals surface area contributed by atoms with Crippen molar-refractivity contribution in [2.75, 3.05) is 25.5 Å². The van der Waals surface area contributed by atoms with Gasteiger partial charge in [-0.3, -0.25) is 9.59 Å². The highest BCUT2D eigenvalue weighted by Gasteiger charge is 2.26. The van der Waals surface area contributed by atoms with Gasteiger partial charge in [-0.2, -0.15) is 0 Å². The van der Waals surface area contributed by atoms with Crippen molar-refractivity contribution in [2.45, 2.75) is 25.7 Å². The van der Waals surface area contributed by atoms with E-state index in [0.29, 0.717) is 37.4 Å². The van der Waals surface area contributed by atoms with E-state index in [0.717, 1.165) is 23.4 Å². The van der Waals surface area contributed by atoms with E-state index in [4.69, 9.17) is 16.3 Å². The molecular formula is C22H25ClN2O3. The van der Waals surface area contributed by atoms with E-state index >= 15 is 0 Å². The van der Waals surface area contributed by atoms with Crippen LogP contribution in [0.2, 0.25) is 5.02 Å².